The summed E-state index contributed by atoms with van der Waals surface area (Å²) in [6, 6.07) is 0.788. The molecule has 4 atom stereocenters. The Bertz CT molecular complexity index is 308. The van der Waals surface area contributed by atoms with E-state index in [-0.39, 0.29) is 17.7 Å². The van der Waals surface area contributed by atoms with Crippen molar-refractivity contribution in [3.8, 4) is 0 Å². The molecule has 1 spiro atoms. The first-order valence-corrected chi connectivity index (χ1v) is 8.67. The largest absolute Gasteiger partial charge is 0.374 e. The van der Waals surface area contributed by atoms with Gasteiger partial charge in [0.1, 0.15) is 0 Å². The molecule has 3 saturated heterocycles. The highest BCUT2D eigenvalue weighted by Crippen LogP contribution is 2.39. The van der Waals surface area contributed by atoms with Crippen molar-refractivity contribution in [3.05, 3.63) is 0 Å². The molecule has 4 unspecified atom stereocenters. The van der Waals surface area contributed by atoms with E-state index in [4.69, 9.17) is 15.2 Å². The van der Waals surface area contributed by atoms with Crippen molar-refractivity contribution in [1.82, 2.24) is 4.90 Å². The summed E-state index contributed by atoms with van der Waals surface area (Å²) < 4.78 is 11.9. The second kappa shape index (κ2) is 5.90. The maximum Gasteiger partial charge on any atom is 0.0850 e. The van der Waals surface area contributed by atoms with Gasteiger partial charge >= 0.3 is 0 Å². The van der Waals surface area contributed by atoms with Crippen molar-refractivity contribution < 1.29 is 9.47 Å². The molecule has 0 saturated carbocycles. The van der Waals surface area contributed by atoms with E-state index in [1.165, 1.54) is 24.3 Å². The first-order valence-electron chi connectivity index (χ1n) is 7.51. The standard InChI is InChI=1S/C14H26N2O2S/c1-11(15)13-9-16(4-6-17-13)12-2-5-18-14(8-12)3-7-19-10-14/h11-13H,2-10,15H2,1H3. The molecular formula is C14H26N2O2S. The minimum absolute atomic E-state index is 0.124. The summed E-state index contributed by atoms with van der Waals surface area (Å²) in [5.74, 6) is 2.45. The lowest BCUT2D eigenvalue weighted by atomic mass is 9.88. The lowest BCUT2D eigenvalue weighted by Gasteiger charge is -2.45. The van der Waals surface area contributed by atoms with E-state index >= 15 is 0 Å². The normalized spacial score (nSPS) is 42.6. The summed E-state index contributed by atoms with van der Waals surface area (Å²) in [5, 5.41) is 0. The van der Waals surface area contributed by atoms with Crippen LogP contribution in [0.3, 0.4) is 0 Å². The molecular weight excluding hydrogens is 260 g/mol. The molecule has 3 rings (SSSR count). The number of hydrogen-bond donors (Lipinski definition) is 1. The first-order chi connectivity index (χ1) is 9.19. The number of nitrogens with two attached hydrogens (primary N) is 1. The predicted octanol–water partition coefficient (Wildman–Crippen LogP) is 1.09. The SMILES string of the molecule is CC(N)C1CN(C2CCOC3(CCSC3)C2)CCO1. The van der Waals surface area contributed by atoms with Crippen LogP contribution in [0.15, 0.2) is 0 Å². The summed E-state index contributed by atoms with van der Waals surface area (Å²) in [7, 11) is 0. The second-order valence-electron chi connectivity index (χ2n) is 6.24. The van der Waals surface area contributed by atoms with Gasteiger partial charge < -0.3 is 15.2 Å². The topological polar surface area (TPSA) is 47.7 Å². The van der Waals surface area contributed by atoms with Crippen LogP contribution in [-0.2, 0) is 9.47 Å². The first kappa shape index (κ1) is 14.1. The maximum atomic E-state index is 6.12. The fourth-order valence-electron chi connectivity index (χ4n) is 3.52. The summed E-state index contributed by atoms with van der Waals surface area (Å²) in [6.07, 6.45) is 3.80. The molecule has 0 aromatic heterocycles. The molecule has 4 nitrogen and oxygen atoms in total. The van der Waals surface area contributed by atoms with E-state index in [0.29, 0.717) is 6.04 Å². The number of hydrogen-bond acceptors (Lipinski definition) is 5. The van der Waals surface area contributed by atoms with Crippen LogP contribution in [0.2, 0.25) is 0 Å². The molecule has 3 heterocycles. The van der Waals surface area contributed by atoms with Crippen molar-refractivity contribution >= 4 is 11.8 Å². The third-order valence-electron chi connectivity index (χ3n) is 4.76. The van der Waals surface area contributed by atoms with E-state index in [9.17, 15) is 0 Å². The van der Waals surface area contributed by atoms with Crippen LogP contribution >= 0.6 is 11.8 Å². The minimum Gasteiger partial charge on any atom is -0.374 e. The number of rotatable bonds is 2. The molecule has 2 N–H and O–H groups in total. The lowest BCUT2D eigenvalue weighted by Crippen LogP contribution is -2.56. The second-order valence-corrected chi connectivity index (χ2v) is 7.35. The van der Waals surface area contributed by atoms with Gasteiger partial charge in [-0.15, -0.1) is 0 Å². The molecule has 0 aliphatic carbocycles. The minimum atomic E-state index is 0.124. The molecule has 19 heavy (non-hydrogen) atoms. The summed E-state index contributed by atoms with van der Waals surface area (Å²) in [5.41, 5.74) is 6.17. The Morgan fingerprint density at radius 3 is 3.05 bits per heavy atom. The zero-order valence-corrected chi connectivity index (χ0v) is 12.7. The highest BCUT2D eigenvalue weighted by Gasteiger charge is 2.42. The van der Waals surface area contributed by atoms with Crippen LogP contribution in [-0.4, -0.2) is 66.5 Å². The van der Waals surface area contributed by atoms with E-state index in [0.717, 1.165) is 32.7 Å². The van der Waals surface area contributed by atoms with Gasteiger partial charge in [-0.2, -0.15) is 11.8 Å². The molecule has 3 fully saturated rings. The summed E-state index contributed by atoms with van der Waals surface area (Å²) in [4.78, 5) is 2.60. The monoisotopic (exact) mass is 286 g/mol. The molecule has 110 valence electrons. The average Bonchev–Trinajstić information content (AvgIpc) is 2.87. The van der Waals surface area contributed by atoms with Gasteiger partial charge in [0.25, 0.3) is 0 Å². The van der Waals surface area contributed by atoms with Gasteiger partial charge in [0.05, 0.1) is 18.3 Å². The van der Waals surface area contributed by atoms with Crippen LogP contribution in [0.4, 0.5) is 0 Å². The molecule has 0 aromatic carbocycles. The molecule has 0 radical (unpaired) electrons. The van der Waals surface area contributed by atoms with Gasteiger partial charge in [0.15, 0.2) is 0 Å². The van der Waals surface area contributed by atoms with Crippen molar-refractivity contribution in [1.29, 1.82) is 0 Å². The van der Waals surface area contributed by atoms with Crippen LogP contribution < -0.4 is 5.73 Å². The maximum absolute atomic E-state index is 6.12. The van der Waals surface area contributed by atoms with Crippen LogP contribution in [0.25, 0.3) is 0 Å². The quantitative estimate of drug-likeness (QED) is 0.823. The van der Waals surface area contributed by atoms with E-state index in [1.807, 2.05) is 18.7 Å². The van der Waals surface area contributed by atoms with Crippen LogP contribution in [0.1, 0.15) is 26.2 Å². The van der Waals surface area contributed by atoms with E-state index in [2.05, 4.69) is 4.90 Å². The lowest BCUT2D eigenvalue weighted by molar-refractivity contribution is -0.114. The van der Waals surface area contributed by atoms with Crippen LogP contribution in [0.5, 0.6) is 0 Å². The number of ether oxygens (including phenoxy) is 2. The Balaban J connectivity index is 1.61. The fourth-order valence-corrected chi connectivity index (χ4v) is 4.90. The summed E-state index contributed by atoms with van der Waals surface area (Å²) in [6.45, 7) is 5.84. The molecule has 0 bridgehead atoms. The number of nitrogens with zero attached hydrogens (tertiary/aromatic N) is 1. The van der Waals surface area contributed by atoms with E-state index < -0.39 is 0 Å². The van der Waals surface area contributed by atoms with Gasteiger partial charge in [-0.25, -0.2) is 0 Å². The van der Waals surface area contributed by atoms with E-state index in [1.54, 1.807) is 0 Å². The molecule has 3 aliphatic rings. The summed E-state index contributed by atoms with van der Waals surface area (Å²) >= 11 is 2.05. The molecule has 0 aromatic rings. The van der Waals surface area contributed by atoms with Gasteiger partial charge in [0.2, 0.25) is 0 Å². The molecule has 5 heteroatoms. The smallest absolute Gasteiger partial charge is 0.0850 e. The zero-order chi connectivity index (χ0) is 13.3. The Kier molecular flexibility index (Phi) is 4.39. The van der Waals surface area contributed by atoms with Gasteiger partial charge in [-0.3, -0.25) is 4.90 Å². The predicted molar refractivity (Wildman–Crippen MR) is 78.6 cm³/mol. The zero-order valence-electron chi connectivity index (χ0n) is 11.8. The van der Waals surface area contributed by atoms with Gasteiger partial charge in [0, 0.05) is 37.5 Å². The van der Waals surface area contributed by atoms with Gasteiger partial charge in [-0.1, -0.05) is 0 Å². The molecule has 0 amide bonds. The Hall–Kier alpha value is 0.190. The highest BCUT2D eigenvalue weighted by molar-refractivity contribution is 7.99. The number of morpholine rings is 1. The molecule has 3 aliphatic heterocycles. The average molecular weight is 286 g/mol. The van der Waals surface area contributed by atoms with Gasteiger partial charge in [-0.05, 0) is 31.9 Å². The van der Waals surface area contributed by atoms with Crippen molar-refractivity contribution in [2.45, 2.75) is 50.0 Å². The third kappa shape index (κ3) is 3.10. The number of thioether (sulfide) groups is 1. The van der Waals surface area contributed by atoms with Crippen LogP contribution in [0, 0.1) is 0 Å². The Morgan fingerprint density at radius 2 is 2.32 bits per heavy atom. The third-order valence-corrected chi connectivity index (χ3v) is 5.98. The fraction of sp³-hybridized carbons (Fsp3) is 1.00. The van der Waals surface area contributed by atoms with Crippen molar-refractivity contribution in [2.24, 2.45) is 5.73 Å². The highest BCUT2D eigenvalue weighted by atomic mass is 32.2. The van der Waals surface area contributed by atoms with Crippen molar-refractivity contribution in [2.75, 3.05) is 37.8 Å². The Labute approximate surface area is 120 Å². The Morgan fingerprint density at radius 1 is 1.42 bits per heavy atom. The van der Waals surface area contributed by atoms with Crippen molar-refractivity contribution in [3.63, 3.8) is 0 Å².